The molecule has 0 aliphatic carbocycles. The van der Waals surface area contributed by atoms with E-state index in [9.17, 15) is 4.39 Å². The van der Waals surface area contributed by atoms with Gasteiger partial charge in [0.05, 0.1) is 23.9 Å². The van der Waals surface area contributed by atoms with Gasteiger partial charge in [-0.2, -0.15) is 0 Å². The molecule has 3 aromatic rings. The van der Waals surface area contributed by atoms with E-state index in [1.807, 2.05) is 36.4 Å². The molecule has 0 radical (unpaired) electrons. The van der Waals surface area contributed by atoms with Gasteiger partial charge in [-0.25, -0.2) is 9.37 Å². The molecule has 0 saturated heterocycles. The van der Waals surface area contributed by atoms with Gasteiger partial charge in [0.1, 0.15) is 11.6 Å². The summed E-state index contributed by atoms with van der Waals surface area (Å²) in [4.78, 5) is 4.69. The van der Waals surface area contributed by atoms with Gasteiger partial charge in [-0.1, -0.05) is 38.1 Å². The van der Waals surface area contributed by atoms with E-state index in [2.05, 4.69) is 29.5 Å². The second-order valence-electron chi connectivity index (χ2n) is 6.47. The molecule has 1 N–H and O–H groups in total. The number of thiazole rings is 1. The van der Waals surface area contributed by atoms with Crippen molar-refractivity contribution in [2.24, 2.45) is 0 Å². The van der Waals surface area contributed by atoms with Crippen LogP contribution in [0.5, 0.6) is 5.75 Å². The Morgan fingerprint density at radius 2 is 1.65 bits per heavy atom. The van der Waals surface area contributed by atoms with Crippen LogP contribution in [0.2, 0.25) is 0 Å². The molecule has 0 amide bonds. The molecule has 3 nitrogen and oxygen atoms in total. The zero-order valence-corrected chi connectivity index (χ0v) is 16.0. The van der Waals surface area contributed by atoms with E-state index >= 15 is 0 Å². The van der Waals surface area contributed by atoms with E-state index in [4.69, 9.17) is 4.74 Å². The number of methoxy groups -OCH3 is 1. The topological polar surface area (TPSA) is 34.1 Å². The van der Waals surface area contributed by atoms with Crippen LogP contribution in [0.4, 0.5) is 4.39 Å². The highest BCUT2D eigenvalue weighted by Crippen LogP contribution is 2.26. The molecule has 1 atom stereocenters. The van der Waals surface area contributed by atoms with Gasteiger partial charge in [-0.05, 0) is 35.4 Å². The maximum atomic E-state index is 13.3. The van der Waals surface area contributed by atoms with Crippen LogP contribution in [0, 0.1) is 5.82 Å². The molecule has 26 heavy (non-hydrogen) atoms. The van der Waals surface area contributed by atoms with Gasteiger partial charge in [0, 0.05) is 17.8 Å². The van der Waals surface area contributed by atoms with Gasteiger partial charge in [0.2, 0.25) is 0 Å². The lowest BCUT2D eigenvalue weighted by molar-refractivity contribution is 0.414. The van der Waals surface area contributed by atoms with E-state index < -0.39 is 0 Å². The molecule has 1 heterocycles. The number of halogens is 1. The first-order valence-corrected chi connectivity index (χ1v) is 9.52. The summed E-state index contributed by atoms with van der Waals surface area (Å²) in [5, 5.41) is 6.80. The summed E-state index contributed by atoms with van der Waals surface area (Å²) >= 11 is 1.69. The van der Waals surface area contributed by atoms with Crippen molar-refractivity contribution in [1.29, 1.82) is 0 Å². The lowest BCUT2D eigenvalue weighted by Crippen LogP contribution is -2.22. The van der Waals surface area contributed by atoms with Crippen molar-refractivity contribution in [1.82, 2.24) is 10.3 Å². The molecule has 5 heteroatoms. The molecule has 0 bridgehead atoms. The molecule has 1 aromatic heterocycles. The Balaban J connectivity index is 1.82. The minimum absolute atomic E-state index is 0.0503. The summed E-state index contributed by atoms with van der Waals surface area (Å²) in [6.45, 7) is 4.95. The van der Waals surface area contributed by atoms with E-state index in [0.29, 0.717) is 12.5 Å². The highest BCUT2D eigenvalue weighted by Gasteiger charge is 2.15. The van der Waals surface area contributed by atoms with Gasteiger partial charge < -0.3 is 10.1 Å². The van der Waals surface area contributed by atoms with Gasteiger partial charge in [-0.15, -0.1) is 11.3 Å². The number of hydrogen-bond donors (Lipinski definition) is 1. The number of nitrogens with one attached hydrogen (secondary N) is 1. The summed E-state index contributed by atoms with van der Waals surface area (Å²) in [5.74, 6) is 1.01. The largest absolute Gasteiger partial charge is 0.497 e. The standard InChI is InChI=1S/C21H23FN2OS/c1-14(2)21-24-18(13-26-21)12-23-20(15-4-8-17(22)9-5-15)16-6-10-19(25-3)11-7-16/h4-11,13-14,20,23H,12H2,1-3H3. The maximum Gasteiger partial charge on any atom is 0.123 e. The monoisotopic (exact) mass is 370 g/mol. The third-order valence-corrected chi connectivity index (χ3v) is 5.40. The third-order valence-electron chi connectivity index (χ3n) is 4.20. The smallest absolute Gasteiger partial charge is 0.123 e. The molecule has 2 aromatic carbocycles. The highest BCUT2D eigenvalue weighted by atomic mass is 32.1. The van der Waals surface area contributed by atoms with E-state index in [-0.39, 0.29) is 11.9 Å². The number of nitrogens with zero attached hydrogens (tertiary/aromatic N) is 1. The van der Waals surface area contributed by atoms with Crippen LogP contribution in [0.25, 0.3) is 0 Å². The molecule has 0 aliphatic rings. The molecule has 0 fully saturated rings. The Morgan fingerprint density at radius 3 is 2.19 bits per heavy atom. The van der Waals surface area contributed by atoms with Crippen molar-refractivity contribution < 1.29 is 9.13 Å². The van der Waals surface area contributed by atoms with Gasteiger partial charge in [0.25, 0.3) is 0 Å². The van der Waals surface area contributed by atoms with Gasteiger partial charge >= 0.3 is 0 Å². The predicted octanol–water partition coefficient (Wildman–Crippen LogP) is 5.29. The van der Waals surface area contributed by atoms with Crippen LogP contribution in [-0.2, 0) is 6.54 Å². The molecular formula is C21H23FN2OS. The molecule has 0 saturated carbocycles. The normalized spacial score (nSPS) is 12.3. The van der Waals surface area contributed by atoms with Crippen molar-refractivity contribution >= 4 is 11.3 Å². The molecule has 0 spiro atoms. The lowest BCUT2D eigenvalue weighted by Gasteiger charge is -2.20. The Kier molecular flexibility index (Phi) is 6.01. The SMILES string of the molecule is COc1ccc(C(NCc2csc(C(C)C)n2)c2ccc(F)cc2)cc1. The zero-order chi connectivity index (χ0) is 18.5. The maximum absolute atomic E-state index is 13.3. The molecule has 3 rings (SSSR count). The van der Waals surface area contributed by atoms with Crippen molar-refractivity contribution in [2.45, 2.75) is 32.4 Å². The summed E-state index contributed by atoms with van der Waals surface area (Å²) in [7, 11) is 1.65. The molecule has 0 aliphatic heterocycles. The van der Waals surface area contributed by atoms with Crippen LogP contribution >= 0.6 is 11.3 Å². The first kappa shape index (κ1) is 18.5. The molecular weight excluding hydrogens is 347 g/mol. The van der Waals surface area contributed by atoms with Gasteiger partial charge in [-0.3, -0.25) is 0 Å². The summed E-state index contributed by atoms with van der Waals surface area (Å²) in [6, 6.07) is 14.5. The predicted molar refractivity (Wildman–Crippen MR) is 104 cm³/mol. The highest BCUT2D eigenvalue weighted by molar-refractivity contribution is 7.09. The Hall–Kier alpha value is -2.24. The fraction of sp³-hybridized carbons (Fsp3) is 0.286. The average molecular weight is 370 g/mol. The number of rotatable bonds is 7. The number of aromatic nitrogens is 1. The summed E-state index contributed by atoms with van der Waals surface area (Å²) in [6.07, 6.45) is 0. The van der Waals surface area contributed by atoms with Crippen molar-refractivity contribution in [3.8, 4) is 5.75 Å². The second kappa shape index (κ2) is 8.43. The molecule has 1 unspecified atom stereocenters. The fourth-order valence-electron chi connectivity index (χ4n) is 2.76. The van der Waals surface area contributed by atoms with Crippen LogP contribution in [0.15, 0.2) is 53.9 Å². The number of ether oxygens (including phenoxy) is 1. The van der Waals surface area contributed by atoms with Crippen LogP contribution < -0.4 is 10.1 Å². The van der Waals surface area contributed by atoms with Crippen molar-refractivity contribution in [3.63, 3.8) is 0 Å². The van der Waals surface area contributed by atoms with E-state index in [1.54, 1.807) is 18.4 Å². The van der Waals surface area contributed by atoms with Crippen molar-refractivity contribution in [2.75, 3.05) is 7.11 Å². The lowest BCUT2D eigenvalue weighted by atomic mass is 9.98. The second-order valence-corrected chi connectivity index (χ2v) is 7.36. The minimum atomic E-state index is -0.233. The van der Waals surface area contributed by atoms with Crippen LogP contribution in [-0.4, -0.2) is 12.1 Å². The third kappa shape index (κ3) is 4.48. The van der Waals surface area contributed by atoms with Crippen molar-refractivity contribution in [3.05, 3.63) is 81.6 Å². The van der Waals surface area contributed by atoms with E-state index in [1.165, 1.54) is 12.1 Å². The Bertz CT molecular complexity index is 828. The minimum Gasteiger partial charge on any atom is -0.497 e. The Labute approximate surface area is 157 Å². The first-order valence-electron chi connectivity index (χ1n) is 8.64. The summed E-state index contributed by atoms with van der Waals surface area (Å²) in [5.41, 5.74) is 3.13. The summed E-state index contributed by atoms with van der Waals surface area (Å²) < 4.78 is 18.6. The Morgan fingerprint density at radius 1 is 1.04 bits per heavy atom. The molecule has 136 valence electrons. The average Bonchev–Trinajstić information content (AvgIpc) is 3.13. The van der Waals surface area contributed by atoms with E-state index in [0.717, 1.165) is 27.6 Å². The van der Waals surface area contributed by atoms with Gasteiger partial charge in [0.15, 0.2) is 0 Å². The zero-order valence-electron chi connectivity index (χ0n) is 15.2. The number of hydrogen-bond acceptors (Lipinski definition) is 4. The van der Waals surface area contributed by atoms with Crippen LogP contribution in [0.3, 0.4) is 0 Å². The van der Waals surface area contributed by atoms with Crippen LogP contribution in [0.1, 0.15) is 47.6 Å². The number of benzene rings is 2. The first-order chi connectivity index (χ1) is 12.6. The fourth-order valence-corrected chi connectivity index (χ4v) is 3.59. The quantitative estimate of drug-likeness (QED) is 0.613.